The van der Waals surface area contributed by atoms with Crippen LogP contribution in [0.5, 0.6) is 0 Å². The molecule has 0 saturated heterocycles. The quantitative estimate of drug-likeness (QED) is 0.876. The Morgan fingerprint density at radius 2 is 2.10 bits per heavy atom. The van der Waals surface area contributed by atoms with Gasteiger partial charge in [0.15, 0.2) is 0 Å². The molecule has 1 heterocycles. The molecule has 1 aliphatic rings. The molecule has 4 heteroatoms. The zero-order valence-corrected chi connectivity index (χ0v) is 12.4. The third kappa shape index (κ3) is 2.79. The first-order chi connectivity index (χ1) is 10.1. The fourth-order valence-electron chi connectivity index (χ4n) is 2.58. The average molecular weight is 284 g/mol. The summed E-state index contributed by atoms with van der Waals surface area (Å²) < 4.78 is 5.38. The lowest BCUT2D eigenvalue weighted by Gasteiger charge is -2.22. The third-order valence-corrected chi connectivity index (χ3v) is 4.00. The van der Waals surface area contributed by atoms with Gasteiger partial charge in [-0.05, 0) is 56.0 Å². The molecule has 1 aromatic carbocycles. The van der Waals surface area contributed by atoms with Crippen molar-refractivity contribution in [3.8, 4) is 0 Å². The fraction of sp³-hybridized carbons (Fsp3) is 0.353. The number of carbonyl (C=O) groups excluding carboxylic acids is 1. The van der Waals surface area contributed by atoms with Crippen LogP contribution in [-0.4, -0.2) is 16.8 Å². The molecule has 0 aliphatic heterocycles. The number of carbonyl (C=O) groups is 1. The monoisotopic (exact) mass is 284 g/mol. The highest BCUT2D eigenvalue weighted by Gasteiger charge is 2.34. The van der Waals surface area contributed by atoms with Crippen molar-refractivity contribution in [1.29, 1.82) is 0 Å². The van der Waals surface area contributed by atoms with Crippen LogP contribution in [0.2, 0.25) is 0 Å². The molecule has 0 unspecified atom stereocenters. The molecule has 1 amide bonds. The predicted molar refractivity (Wildman–Crippen MR) is 81.9 cm³/mol. The Balaban J connectivity index is 1.89. The standard InChI is InChI=1S/C17H20N2O2/c1-11-8-12(2)16(18)9-15(11)17(20)19(13-5-6-13)10-14-4-3-7-21-14/h3-4,7-9,13H,5-6,10,18H2,1-2H3. The van der Waals surface area contributed by atoms with Crippen molar-refractivity contribution in [3.05, 3.63) is 53.0 Å². The largest absolute Gasteiger partial charge is 0.467 e. The molecule has 1 saturated carbocycles. The number of hydrogen-bond donors (Lipinski definition) is 1. The smallest absolute Gasteiger partial charge is 0.254 e. The number of anilines is 1. The van der Waals surface area contributed by atoms with Gasteiger partial charge < -0.3 is 15.1 Å². The van der Waals surface area contributed by atoms with Crippen LogP contribution in [0.1, 0.15) is 40.1 Å². The number of aryl methyl sites for hydroxylation is 2. The molecule has 1 fully saturated rings. The van der Waals surface area contributed by atoms with Crippen molar-refractivity contribution in [2.75, 3.05) is 5.73 Å². The minimum atomic E-state index is 0.0399. The molecule has 0 bridgehead atoms. The average Bonchev–Trinajstić information content (AvgIpc) is 3.16. The molecule has 2 aromatic rings. The van der Waals surface area contributed by atoms with Crippen LogP contribution in [-0.2, 0) is 6.54 Å². The van der Waals surface area contributed by atoms with Crippen LogP contribution in [0.3, 0.4) is 0 Å². The maximum Gasteiger partial charge on any atom is 0.254 e. The number of nitrogens with zero attached hydrogens (tertiary/aromatic N) is 1. The van der Waals surface area contributed by atoms with Gasteiger partial charge in [-0.3, -0.25) is 4.79 Å². The van der Waals surface area contributed by atoms with E-state index in [0.717, 1.165) is 29.7 Å². The van der Waals surface area contributed by atoms with Crippen LogP contribution < -0.4 is 5.73 Å². The maximum absolute atomic E-state index is 12.9. The molecule has 0 radical (unpaired) electrons. The minimum absolute atomic E-state index is 0.0399. The first-order valence-electron chi connectivity index (χ1n) is 7.26. The van der Waals surface area contributed by atoms with E-state index in [0.29, 0.717) is 23.8 Å². The molecule has 2 N–H and O–H groups in total. The van der Waals surface area contributed by atoms with Crippen LogP contribution in [0, 0.1) is 13.8 Å². The zero-order valence-electron chi connectivity index (χ0n) is 12.4. The van der Waals surface area contributed by atoms with E-state index in [1.165, 1.54) is 0 Å². The van der Waals surface area contributed by atoms with Gasteiger partial charge in [0.25, 0.3) is 5.91 Å². The molecule has 0 spiro atoms. The van der Waals surface area contributed by atoms with Gasteiger partial charge in [0.1, 0.15) is 5.76 Å². The number of nitrogen functional groups attached to an aromatic ring is 1. The summed E-state index contributed by atoms with van der Waals surface area (Å²) in [5, 5.41) is 0. The lowest BCUT2D eigenvalue weighted by Crippen LogP contribution is -2.33. The zero-order chi connectivity index (χ0) is 15.0. The molecule has 110 valence electrons. The van der Waals surface area contributed by atoms with E-state index < -0.39 is 0 Å². The van der Waals surface area contributed by atoms with Gasteiger partial charge in [-0.2, -0.15) is 0 Å². The summed E-state index contributed by atoms with van der Waals surface area (Å²) in [6.45, 7) is 4.43. The van der Waals surface area contributed by atoms with Gasteiger partial charge in [0.05, 0.1) is 12.8 Å². The van der Waals surface area contributed by atoms with Crippen LogP contribution >= 0.6 is 0 Å². The Hall–Kier alpha value is -2.23. The first kappa shape index (κ1) is 13.7. The van der Waals surface area contributed by atoms with Gasteiger partial charge >= 0.3 is 0 Å². The minimum Gasteiger partial charge on any atom is -0.467 e. The second-order valence-electron chi connectivity index (χ2n) is 5.77. The van der Waals surface area contributed by atoms with Crippen molar-refractivity contribution in [1.82, 2.24) is 4.90 Å². The van der Waals surface area contributed by atoms with Crippen molar-refractivity contribution in [2.45, 2.75) is 39.3 Å². The third-order valence-electron chi connectivity index (χ3n) is 4.00. The van der Waals surface area contributed by atoms with Gasteiger partial charge in [0.2, 0.25) is 0 Å². The molecular formula is C17H20N2O2. The number of amides is 1. The Morgan fingerprint density at radius 1 is 1.33 bits per heavy atom. The second-order valence-corrected chi connectivity index (χ2v) is 5.77. The van der Waals surface area contributed by atoms with Crippen molar-refractivity contribution >= 4 is 11.6 Å². The summed E-state index contributed by atoms with van der Waals surface area (Å²) in [5.74, 6) is 0.853. The van der Waals surface area contributed by atoms with E-state index in [-0.39, 0.29) is 5.91 Å². The highest BCUT2D eigenvalue weighted by molar-refractivity contribution is 5.97. The Bertz CT molecular complexity index is 658. The highest BCUT2D eigenvalue weighted by atomic mass is 16.3. The Morgan fingerprint density at radius 3 is 2.71 bits per heavy atom. The van der Waals surface area contributed by atoms with E-state index in [1.807, 2.05) is 36.9 Å². The predicted octanol–water partition coefficient (Wildman–Crippen LogP) is 3.28. The summed E-state index contributed by atoms with van der Waals surface area (Å²) in [5.41, 5.74) is 9.30. The highest BCUT2D eigenvalue weighted by Crippen LogP contribution is 2.31. The molecule has 1 aromatic heterocycles. The molecular weight excluding hydrogens is 264 g/mol. The molecule has 1 aliphatic carbocycles. The molecule has 3 rings (SSSR count). The SMILES string of the molecule is Cc1cc(C)c(C(=O)N(Cc2ccco2)C2CC2)cc1N. The lowest BCUT2D eigenvalue weighted by molar-refractivity contribution is 0.0717. The summed E-state index contributed by atoms with van der Waals surface area (Å²) in [4.78, 5) is 14.8. The van der Waals surface area contributed by atoms with E-state index >= 15 is 0 Å². The Kier molecular flexibility index (Phi) is 3.45. The maximum atomic E-state index is 12.9. The van der Waals surface area contributed by atoms with E-state index in [4.69, 9.17) is 10.2 Å². The second kappa shape index (κ2) is 5.28. The van der Waals surface area contributed by atoms with E-state index in [2.05, 4.69) is 0 Å². The summed E-state index contributed by atoms with van der Waals surface area (Å²) in [6.07, 6.45) is 3.76. The van der Waals surface area contributed by atoms with Crippen LogP contribution in [0.4, 0.5) is 5.69 Å². The fourth-order valence-corrected chi connectivity index (χ4v) is 2.58. The Labute approximate surface area is 124 Å². The van der Waals surface area contributed by atoms with E-state index in [1.54, 1.807) is 12.3 Å². The van der Waals surface area contributed by atoms with Crippen molar-refractivity contribution in [2.24, 2.45) is 0 Å². The van der Waals surface area contributed by atoms with Gasteiger partial charge in [0, 0.05) is 17.3 Å². The van der Waals surface area contributed by atoms with Crippen LogP contribution in [0.15, 0.2) is 34.9 Å². The summed E-state index contributed by atoms with van der Waals surface area (Å²) in [6, 6.07) is 7.84. The number of benzene rings is 1. The summed E-state index contributed by atoms with van der Waals surface area (Å²) in [7, 11) is 0. The number of rotatable bonds is 4. The number of furan rings is 1. The molecule has 21 heavy (non-hydrogen) atoms. The van der Waals surface area contributed by atoms with Crippen molar-refractivity contribution < 1.29 is 9.21 Å². The van der Waals surface area contributed by atoms with E-state index in [9.17, 15) is 4.79 Å². The topological polar surface area (TPSA) is 59.5 Å². The summed E-state index contributed by atoms with van der Waals surface area (Å²) >= 11 is 0. The van der Waals surface area contributed by atoms with Gasteiger partial charge in [-0.1, -0.05) is 6.07 Å². The molecule has 0 atom stereocenters. The molecule has 4 nitrogen and oxygen atoms in total. The van der Waals surface area contributed by atoms with Gasteiger partial charge in [-0.15, -0.1) is 0 Å². The van der Waals surface area contributed by atoms with Crippen molar-refractivity contribution in [3.63, 3.8) is 0 Å². The van der Waals surface area contributed by atoms with Gasteiger partial charge in [-0.25, -0.2) is 0 Å². The number of nitrogens with two attached hydrogens (primary N) is 1. The normalized spacial score (nSPS) is 14.2. The van der Waals surface area contributed by atoms with Crippen LogP contribution in [0.25, 0.3) is 0 Å². The number of hydrogen-bond acceptors (Lipinski definition) is 3. The first-order valence-corrected chi connectivity index (χ1v) is 7.26. The lowest BCUT2D eigenvalue weighted by atomic mass is 10.0.